The molecule has 12 aromatic rings. The fourth-order valence-corrected chi connectivity index (χ4v) is 9.52. The number of benzene rings is 9. The summed E-state index contributed by atoms with van der Waals surface area (Å²) in [6.45, 7) is 0. The van der Waals surface area contributed by atoms with Gasteiger partial charge in [-0.25, -0.2) is 0 Å². The van der Waals surface area contributed by atoms with Crippen molar-refractivity contribution in [1.29, 1.82) is 0 Å². The number of rotatable bonds is 4. The molecule has 0 radical (unpaired) electrons. The van der Waals surface area contributed by atoms with Gasteiger partial charge in [-0.15, -0.1) is 0 Å². The lowest BCUT2D eigenvalue weighted by Crippen LogP contribution is -1.94. The Bertz CT molecular complexity index is 3530. The molecule has 0 aliphatic carbocycles. The molecule has 0 aliphatic rings. The second kappa shape index (κ2) is 11.8. The van der Waals surface area contributed by atoms with Gasteiger partial charge < -0.3 is 13.7 Å². The van der Waals surface area contributed by atoms with Gasteiger partial charge in [-0.3, -0.25) is 0 Å². The molecule has 3 heteroatoms. The van der Waals surface area contributed by atoms with Crippen molar-refractivity contribution in [1.82, 2.24) is 13.7 Å². The second-order valence-corrected chi connectivity index (χ2v) is 15.0. The molecule has 9 aromatic carbocycles. The van der Waals surface area contributed by atoms with Crippen LogP contribution in [0.1, 0.15) is 0 Å². The Morgan fingerprint density at radius 3 is 1.68 bits per heavy atom. The van der Waals surface area contributed by atoms with Crippen LogP contribution in [0.5, 0.6) is 0 Å². The molecule has 3 heterocycles. The SMILES string of the molecule is Cn1c2ccc(-c3ccc4c(c3)c3c5ccccc5ccc3n4-c3ccccc3)cc2c2cccc(-c3ccc4c5ccccc5n(-c5ccccc5)c4c3)c21. The van der Waals surface area contributed by atoms with Gasteiger partial charge in [-0.2, -0.15) is 0 Å². The molecule has 0 bridgehead atoms. The highest BCUT2D eigenvalue weighted by Gasteiger charge is 2.19. The van der Waals surface area contributed by atoms with Gasteiger partial charge in [0, 0.05) is 61.8 Å². The van der Waals surface area contributed by atoms with Gasteiger partial charge >= 0.3 is 0 Å². The Morgan fingerprint density at radius 2 is 0.893 bits per heavy atom. The number of nitrogens with zero attached hydrogens (tertiary/aromatic N) is 3. The molecule has 0 aliphatic heterocycles. The molecule has 0 N–H and O–H groups in total. The van der Waals surface area contributed by atoms with Crippen LogP contribution in [0, 0.1) is 0 Å². The van der Waals surface area contributed by atoms with Gasteiger partial charge in [0.2, 0.25) is 0 Å². The van der Waals surface area contributed by atoms with E-state index in [0.29, 0.717) is 0 Å². The lowest BCUT2D eigenvalue weighted by atomic mass is 9.98. The second-order valence-electron chi connectivity index (χ2n) is 15.0. The standard InChI is InChI=1S/C53H35N3/c1-54-47-28-25-35(36-26-29-49-46(32-36)52-40-18-9-8-13-34(40)24-30-50(52)55(49)38-14-4-2-5-15-38)31-45(47)44-21-12-20-41(53(44)54)37-23-27-43-42-19-10-11-22-48(42)56(51(43)33-37)39-16-6-3-7-17-39/h2-33H,1H3. The smallest absolute Gasteiger partial charge is 0.0568 e. The summed E-state index contributed by atoms with van der Waals surface area (Å²) in [5, 5.41) is 10.2. The number of hydrogen-bond acceptors (Lipinski definition) is 0. The van der Waals surface area contributed by atoms with Gasteiger partial charge in [0.1, 0.15) is 0 Å². The first-order valence-corrected chi connectivity index (χ1v) is 19.3. The highest BCUT2D eigenvalue weighted by molar-refractivity contribution is 6.22. The lowest BCUT2D eigenvalue weighted by molar-refractivity contribution is 1.02. The number of para-hydroxylation sites is 4. The van der Waals surface area contributed by atoms with E-state index in [4.69, 9.17) is 0 Å². The van der Waals surface area contributed by atoms with Crippen LogP contribution in [0.3, 0.4) is 0 Å². The number of fused-ring (bicyclic) bond motifs is 11. The van der Waals surface area contributed by atoms with Crippen molar-refractivity contribution in [3.8, 4) is 33.6 Å². The molecule has 0 spiro atoms. The summed E-state index contributed by atoms with van der Waals surface area (Å²) in [7, 11) is 2.21. The van der Waals surface area contributed by atoms with Crippen molar-refractivity contribution < 1.29 is 0 Å². The highest BCUT2D eigenvalue weighted by atomic mass is 15.0. The summed E-state index contributed by atoms with van der Waals surface area (Å²) in [5.74, 6) is 0. The Hall–Kier alpha value is -7.36. The zero-order valence-corrected chi connectivity index (χ0v) is 30.8. The van der Waals surface area contributed by atoms with Crippen molar-refractivity contribution in [2.75, 3.05) is 0 Å². The minimum absolute atomic E-state index is 1.17. The summed E-state index contributed by atoms with van der Waals surface area (Å²) in [4.78, 5) is 0. The molecule has 3 aromatic heterocycles. The third-order valence-electron chi connectivity index (χ3n) is 12.0. The van der Waals surface area contributed by atoms with Crippen LogP contribution >= 0.6 is 0 Å². The van der Waals surface area contributed by atoms with Crippen LogP contribution in [0.15, 0.2) is 194 Å². The summed E-state index contributed by atoms with van der Waals surface area (Å²) in [6.07, 6.45) is 0. The fraction of sp³-hybridized carbons (Fsp3) is 0.0189. The largest absolute Gasteiger partial charge is 0.343 e. The Labute approximate surface area is 323 Å². The average Bonchev–Trinajstić information content (AvgIpc) is 3.88. The van der Waals surface area contributed by atoms with E-state index in [2.05, 4.69) is 215 Å². The quantitative estimate of drug-likeness (QED) is 0.172. The molecule has 0 saturated heterocycles. The average molecular weight is 714 g/mol. The van der Waals surface area contributed by atoms with E-state index in [0.717, 1.165) is 0 Å². The highest BCUT2D eigenvalue weighted by Crippen LogP contribution is 2.42. The van der Waals surface area contributed by atoms with Crippen LogP contribution in [-0.2, 0) is 7.05 Å². The van der Waals surface area contributed by atoms with E-state index < -0.39 is 0 Å². The Balaban J connectivity index is 1.05. The summed E-state index contributed by atoms with van der Waals surface area (Å²) in [6, 6.07) is 71.2. The molecular weight excluding hydrogens is 679 g/mol. The van der Waals surface area contributed by atoms with Crippen molar-refractivity contribution in [2.45, 2.75) is 0 Å². The van der Waals surface area contributed by atoms with Gasteiger partial charge in [0.25, 0.3) is 0 Å². The maximum Gasteiger partial charge on any atom is 0.0568 e. The third kappa shape index (κ3) is 4.40. The first-order valence-electron chi connectivity index (χ1n) is 19.3. The summed E-state index contributed by atoms with van der Waals surface area (Å²) in [5.41, 5.74) is 14.6. The lowest BCUT2D eigenvalue weighted by Gasteiger charge is -2.10. The van der Waals surface area contributed by atoms with Crippen LogP contribution in [-0.4, -0.2) is 13.7 Å². The topological polar surface area (TPSA) is 14.8 Å². The van der Waals surface area contributed by atoms with E-state index in [1.165, 1.54) is 110 Å². The van der Waals surface area contributed by atoms with Crippen LogP contribution in [0.4, 0.5) is 0 Å². The molecule has 0 atom stereocenters. The van der Waals surface area contributed by atoms with Gasteiger partial charge in [0.05, 0.1) is 27.6 Å². The zero-order chi connectivity index (χ0) is 36.9. The third-order valence-corrected chi connectivity index (χ3v) is 12.0. The van der Waals surface area contributed by atoms with Crippen molar-refractivity contribution >= 4 is 76.2 Å². The molecule has 262 valence electrons. The van der Waals surface area contributed by atoms with Gasteiger partial charge in [-0.1, -0.05) is 127 Å². The molecule has 3 nitrogen and oxygen atoms in total. The van der Waals surface area contributed by atoms with E-state index in [-0.39, 0.29) is 0 Å². The molecule has 0 amide bonds. The Kier molecular flexibility index (Phi) is 6.55. The molecule has 0 saturated carbocycles. The van der Waals surface area contributed by atoms with E-state index in [1.54, 1.807) is 0 Å². The predicted octanol–water partition coefficient (Wildman–Crippen LogP) is 14.0. The van der Waals surface area contributed by atoms with Crippen LogP contribution in [0.25, 0.3) is 110 Å². The van der Waals surface area contributed by atoms with Gasteiger partial charge in [0.15, 0.2) is 0 Å². The maximum atomic E-state index is 2.41. The fourth-order valence-electron chi connectivity index (χ4n) is 9.52. The van der Waals surface area contributed by atoms with Crippen LogP contribution < -0.4 is 0 Å². The Morgan fingerprint density at radius 1 is 0.321 bits per heavy atom. The van der Waals surface area contributed by atoms with Crippen LogP contribution in [0.2, 0.25) is 0 Å². The zero-order valence-electron chi connectivity index (χ0n) is 30.8. The summed E-state index contributed by atoms with van der Waals surface area (Å²) >= 11 is 0. The van der Waals surface area contributed by atoms with E-state index in [1.807, 2.05) is 0 Å². The van der Waals surface area contributed by atoms with Crippen molar-refractivity contribution in [2.24, 2.45) is 7.05 Å². The number of aryl methyl sites for hydroxylation is 1. The van der Waals surface area contributed by atoms with Crippen molar-refractivity contribution in [3.63, 3.8) is 0 Å². The van der Waals surface area contributed by atoms with E-state index >= 15 is 0 Å². The molecule has 56 heavy (non-hydrogen) atoms. The van der Waals surface area contributed by atoms with Gasteiger partial charge in [-0.05, 0) is 94.2 Å². The first-order chi connectivity index (χ1) is 27.7. The molecule has 12 rings (SSSR count). The first kappa shape index (κ1) is 31.0. The maximum absolute atomic E-state index is 2.41. The molecule has 0 unspecified atom stereocenters. The number of hydrogen-bond donors (Lipinski definition) is 0. The van der Waals surface area contributed by atoms with E-state index in [9.17, 15) is 0 Å². The number of aromatic nitrogens is 3. The monoisotopic (exact) mass is 713 g/mol. The minimum Gasteiger partial charge on any atom is -0.343 e. The van der Waals surface area contributed by atoms with Crippen molar-refractivity contribution in [3.05, 3.63) is 194 Å². The predicted molar refractivity (Wildman–Crippen MR) is 237 cm³/mol. The normalized spacial score (nSPS) is 12.0. The molecule has 0 fully saturated rings. The minimum atomic E-state index is 1.17. The summed E-state index contributed by atoms with van der Waals surface area (Å²) < 4.78 is 7.19. The molecular formula is C53H35N3.